The van der Waals surface area contributed by atoms with Crippen LogP contribution in [0.3, 0.4) is 0 Å². The molecule has 33 heavy (non-hydrogen) atoms. The maximum Gasteiger partial charge on any atom is 0.306 e. The lowest BCUT2D eigenvalue weighted by atomic mass is 9.86. The molecular formula is C24H29FN6O2. The number of nitrogens with one attached hydrogen (secondary N) is 2. The number of hydrogen-bond donors (Lipinski definition) is 3. The summed E-state index contributed by atoms with van der Waals surface area (Å²) in [4.78, 5) is 25.4. The summed E-state index contributed by atoms with van der Waals surface area (Å²) >= 11 is 0. The van der Waals surface area contributed by atoms with Crippen LogP contribution in [0, 0.1) is 11.7 Å². The number of aromatic nitrogens is 4. The normalized spacial score (nSPS) is 21.7. The summed E-state index contributed by atoms with van der Waals surface area (Å²) in [6, 6.07) is 6.88. The highest BCUT2D eigenvalue weighted by atomic mass is 19.1. The number of para-hydroxylation sites is 1. The van der Waals surface area contributed by atoms with E-state index in [9.17, 15) is 14.3 Å². The van der Waals surface area contributed by atoms with Crippen LogP contribution < -0.4 is 10.6 Å². The largest absolute Gasteiger partial charge is 0.481 e. The van der Waals surface area contributed by atoms with Crippen molar-refractivity contribution in [2.75, 3.05) is 10.6 Å². The Morgan fingerprint density at radius 2 is 1.79 bits per heavy atom. The zero-order valence-electron chi connectivity index (χ0n) is 18.5. The summed E-state index contributed by atoms with van der Waals surface area (Å²) in [5.74, 6) is -0.353. The molecule has 1 aromatic carbocycles. The maximum atomic E-state index is 14.4. The molecule has 2 aromatic heterocycles. The Bertz CT molecular complexity index is 1140. The van der Waals surface area contributed by atoms with Crippen molar-refractivity contribution in [3.8, 4) is 0 Å². The number of carboxylic acid groups (broad SMARTS) is 1. The van der Waals surface area contributed by atoms with Crippen molar-refractivity contribution in [3.05, 3.63) is 36.3 Å². The number of rotatable bonds is 6. The van der Waals surface area contributed by atoms with Crippen LogP contribution in [0.1, 0.15) is 63.8 Å². The van der Waals surface area contributed by atoms with E-state index in [0.29, 0.717) is 60.5 Å². The van der Waals surface area contributed by atoms with Crippen LogP contribution in [0.2, 0.25) is 0 Å². The Morgan fingerprint density at radius 3 is 2.52 bits per heavy atom. The lowest BCUT2D eigenvalue weighted by Gasteiger charge is -2.28. The Morgan fingerprint density at radius 1 is 1.03 bits per heavy atom. The monoisotopic (exact) mass is 452 g/mol. The lowest BCUT2D eigenvalue weighted by molar-refractivity contribution is -0.143. The lowest BCUT2D eigenvalue weighted by Crippen LogP contribution is -2.25. The van der Waals surface area contributed by atoms with Gasteiger partial charge in [0.15, 0.2) is 5.65 Å². The summed E-state index contributed by atoms with van der Waals surface area (Å²) in [7, 11) is 0. The summed E-state index contributed by atoms with van der Waals surface area (Å²) in [5, 5.41) is 16.0. The average Bonchev–Trinajstić information content (AvgIpc) is 3.18. The average molecular weight is 453 g/mol. The second kappa shape index (κ2) is 9.33. The molecule has 174 valence electrons. The van der Waals surface area contributed by atoms with Crippen LogP contribution in [0.4, 0.5) is 22.0 Å². The summed E-state index contributed by atoms with van der Waals surface area (Å²) in [6.45, 7) is 0. The standard InChI is InChI=1S/C24H29FN6O2/c25-18-8-4-5-9-19(18)28-24-29-20-14-26-23(27-16-6-2-1-3-7-16)30-21(20)31(24)17-12-10-15(11-13-17)22(32)33/h4-5,8-9,14-17H,1-3,6-7,10-13H2,(H,28,29)(H,32,33)(H,26,27,30). The smallest absolute Gasteiger partial charge is 0.306 e. The van der Waals surface area contributed by atoms with Crippen LogP contribution in [0.25, 0.3) is 11.2 Å². The summed E-state index contributed by atoms with van der Waals surface area (Å²) in [6.07, 6.45) is 10.2. The minimum atomic E-state index is -0.741. The number of halogens is 1. The van der Waals surface area contributed by atoms with Crippen LogP contribution >= 0.6 is 0 Å². The van der Waals surface area contributed by atoms with Gasteiger partial charge >= 0.3 is 5.97 Å². The molecule has 0 amide bonds. The van der Waals surface area contributed by atoms with Crippen LogP contribution in [0.15, 0.2) is 30.5 Å². The third-order valence-electron chi connectivity index (χ3n) is 6.90. The molecule has 0 saturated heterocycles. The fourth-order valence-corrected chi connectivity index (χ4v) is 5.09. The fourth-order valence-electron chi connectivity index (χ4n) is 5.09. The van der Waals surface area contributed by atoms with Gasteiger partial charge in [-0.25, -0.2) is 14.4 Å². The predicted octanol–water partition coefficient (Wildman–Crippen LogP) is 5.27. The first kappa shape index (κ1) is 21.6. The topological polar surface area (TPSA) is 105 Å². The van der Waals surface area contributed by atoms with Gasteiger partial charge in [0.05, 0.1) is 17.8 Å². The first-order valence-electron chi connectivity index (χ1n) is 11.8. The van der Waals surface area contributed by atoms with Gasteiger partial charge in [-0.05, 0) is 50.7 Å². The van der Waals surface area contributed by atoms with Gasteiger partial charge in [0.1, 0.15) is 11.3 Å². The van der Waals surface area contributed by atoms with Gasteiger partial charge in [-0.3, -0.25) is 9.36 Å². The van der Waals surface area contributed by atoms with Crippen molar-refractivity contribution in [3.63, 3.8) is 0 Å². The molecule has 3 aromatic rings. The number of nitrogens with zero attached hydrogens (tertiary/aromatic N) is 4. The van der Waals surface area contributed by atoms with E-state index >= 15 is 0 Å². The Balaban J connectivity index is 1.50. The van der Waals surface area contributed by atoms with E-state index in [-0.39, 0.29) is 17.8 Å². The molecule has 5 rings (SSSR count). The van der Waals surface area contributed by atoms with E-state index in [4.69, 9.17) is 4.98 Å². The molecule has 2 heterocycles. The molecule has 0 aliphatic heterocycles. The number of benzene rings is 1. The van der Waals surface area contributed by atoms with Gasteiger partial charge in [0.25, 0.3) is 0 Å². The Kier molecular flexibility index (Phi) is 6.11. The second-order valence-corrected chi connectivity index (χ2v) is 9.14. The minimum absolute atomic E-state index is 0.0253. The summed E-state index contributed by atoms with van der Waals surface area (Å²) < 4.78 is 16.4. The molecule has 2 aliphatic rings. The van der Waals surface area contributed by atoms with Crippen LogP contribution in [-0.2, 0) is 4.79 Å². The molecule has 8 nitrogen and oxygen atoms in total. The third-order valence-corrected chi connectivity index (χ3v) is 6.90. The number of imidazole rings is 1. The highest BCUT2D eigenvalue weighted by Gasteiger charge is 2.30. The predicted molar refractivity (Wildman–Crippen MR) is 124 cm³/mol. The minimum Gasteiger partial charge on any atom is -0.481 e. The van der Waals surface area contributed by atoms with Crippen molar-refractivity contribution in [2.24, 2.45) is 5.92 Å². The van der Waals surface area contributed by atoms with Gasteiger partial charge in [-0.1, -0.05) is 31.4 Å². The molecule has 2 saturated carbocycles. The van der Waals surface area contributed by atoms with Gasteiger partial charge in [0.2, 0.25) is 11.9 Å². The molecule has 2 aliphatic carbocycles. The van der Waals surface area contributed by atoms with Crippen molar-refractivity contribution < 1.29 is 14.3 Å². The van der Waals surface area contributed by atoms with Crippen LogP contribution in [-0.4, -0.2) is 36.6 Å². The van der Waals surface area contributed by atoms with Gasteiger partial charge < -0.3 is 15.7 Å². The first-order valence-corrected chi connectivity index (χ1v) is 11.8. The molecule has 0 spiro atoms. The molecule has 9 heteroatoms. The molecule has 0 atom stereocenters. The van der Waals surface area contributed by atoms with E-state index < -0.39 is 5.97 Å². The SMILES string of the molecule is O=C(O)C1CCC(n2c(Nc3ccccc3F)nc3cnc(NC4CCCCC4)nc32)CC1. The van der Waals surface area contributed by atoms with Crippen molar-refractivity contribution in [1.82, 2.24) is 19.5 Å². The second-order valence-electron chi connectivity index (χ2n) is 9.14. The van der Waals surface area contributed by atoms with E-state index in [0.717, 1.165) is 12.8 Å². The quantitative estimate of drug-likeness (QED) is 0.468. The number of fused-ring (bicyclic) bond motifs is 1. The molecule has 0 radical (unpaired) electrons. The first-order chi connectivity index (χ1) is 16.1. The van der Waals surface area contributed by atoms with E-state index in [1.54, 1.807) is 24.4 Å². The number of aliphatic carboxylic acids is 1. The summed E-state index contributed by atoms with van der Waals surface area (Å²) in [5.41, 5.74) is 1.64. The Labute approximate surface area is 191 Å². The van der Waals surface area contributed by atoms with Crippen molar-refractivity contribution >= 4 is 34.7 Å². The van der Waals surface area contributed by atoms with Crippen LogP contribution in [0.5, 0.6) is 0 Å². The van der Waals surface area contributed by atoms with Crippen molar-refractivity contribution in [1.29, 1.82) is 0 Å². The van der Waals surface area contributed by atoms with Crippen molar-refractivity contribution in [2.45, 2.75) is 69.9 Å². The molecular weight excluding hydrogens is 423 g/mol. The third kappa shape index (κ3) is 4.62. The number of hydrogen-bond acceptors (Lipinski definition) is 6. The van der Waals surface area contributed by atoms with Gasteiger partial charge in [0, 0.05) is 12.1 Å². The highest BCUT2D eigenvalue weighted by molar-refractivity contribution is 5.77. The molecule has 3 N–H and O–H groups in total. The zero-order chi connectivity index (χ0) is 22.8. The van der Waals surface area contributed by atoms with Gasteiger partial charge in [-0.2, -0.15) is 4.98 Å². The molecule has 0 bridgehead atoms. The Hall–Kier alpha value is -3.23. The van der Waals surface area contributed by atoms with E-state index in [2.05, 4.69) is 20.6 Å². The maximum absolute atomic E-state index is 14.4. The molecule has 0 unspecified atom stereocenters. The van der Waals surface area contributed by atoms with E-state index in [1.807, 2.05) is 4.57 Å². The number of carbonyl (C=O) groups is 1. The zero-order valence-corrected chi connectivity index (χ0v) is 18.5. The highest BCUT2D eigenvalue weighted by Crippen LogP contribution is 2.37. The number of anilines is 3. The molecule has 2 fully saturated rings. The fraction of sp³-hybridized carbons (Fsp3) is 0.500. The number of carboxylic acids is 1. The van der Waals surface area contributed by atoms with Gasteiger partial charge in [-0.15, -0.1) is 0 Å². The van der Waals surface area contributed by atoms with E-state index in [1.165, 1.54) is 25.3 Å².